The molecular formula is C71H128O5. The van der Waals surface area contributed by atoms with E-state index in [2.05, 4.69) is 86.8 Å². The third kappa shape index (κ3) is 63.9. The molecule has 1 N–H and O–H groups in total. The van der Waals surface area contributed by atoms with Gasteiger partial charge in [-0.1, -0.05) is 318 Å². The topological polar surface area (TPSA) is 72.8 Å². The molecule has 1 atom stereocenters. The van der Waals surface area contributed by atoms with Gasteiger partial charge < -0.3 is 14.6 Å². The molecule has 0 rings (SSSR count). The first kappa shape index (κ1) is 73.3. The summed E-state index contributed by atoms with van der Waals surface area (Å²) in [6.45, 7) is 4.15. The van der Waals surface area contributed by atoms with Gasteiger partial charge in [-0.15, -0.1) is 0 Å². The number of hydrogen-bond acceptors (Lipinski definition) is 5. The maximum atomic E-state index is 12.3. The van der Waals surface area contributed by atoms with Gasteiger partial charge in [0.15, 0.2) is 6.10 Å². The molecule has 5 nitrogen and oxygen atoms in total. The molecule has 0 amide bonds. The molecule has 0 aliphatic heterocycles. The summed E-state index contributed by atoms with van der Waals surface area (Å²) in [5.74, 6) is -0.585. The van der Waals surface area contributed by atoms with Crippen LogP contribution in [0.25, 0.3) is 0 Å². The second-order valence-corrected chi connectivity index (χ2v) is 22.5. The fraction of sp³-hybridized carbons (Fsp3) is 0.803. The number of aliphatic hydroxyl groups excluding tert-OH is 1. The Hall–Kier alpha value is -2.66. The van der Waals surface area contributed by atoms with E-state index in [4.69, 9.17) is 9.47 Å². The first-order valence-corrected chi connectivity index (χ1v) is 33.5. The molecule has 0 saturated heterocycles. The largest absolute Gasteiger partial charge is 0.462 e. The molecular weight excluding hydrogens is 933 g/mol. The summed E-state index contributed by atoms with van der Waals surface area (Å²) in [5.41, 5.74) is 0. The molecule has 0 aliphatic rings. The summed E-state index contributed by atoms with van der Waals surface area (Å²) < 4.78 is 10.7. The molecule has 76 heavy (non-hydrogen) atoms. The maximum absolute atomic E-state index is 12.3. The minimum absolute atomic E-state index is 0.0684. The van der Waals surface area contributed by atoms with Crippen molar-refractivity contribution in [1.82, 2.24) is 0 Å². The van der Waals surface area contributed by atoms with E-state index in [1.165, 1.54) is 257 Å². The molecule has 0 heterocycles. The van der Waals surface area contributed by atoms with Crippen LogP contribution in [-0.2, 0) is 19.1 Å². The SMILES string of the molecule is CCCCCCC/C=C\C/C=C\C/C=C\CCCCCCCCCCCCCCCCCCCCCCCCCCC(=O)OC(CO)COC(=O)CCCCCCCCCC/C=C\C/C=C\C/C=C\CCCCCCC. The lowest BCUT2D eigenvalue weighted by Crippen LogP contribution is -2.28. The Morgan fingerprint density at radius 3 is 0.789 bits per heavy atom. The van der Waals surface area contributed by atoms with E-state index in [1.54, 1.807) is 0 Å². The van der Waals surface area contributed by atoms with Crippen LogP contribution in [0.2, 0.25) is 0 Å². The Balaban J connectivity index is 3.42. The van der Waals surface area contributed by atoms with Gasteiger partial charge in [-0.05, 0) is 89.9 Å². The van der Waals surface area contributed by atoms with E-state index in [0.29, 0.717) is 12.8 Å². The predicted octanol–water partition coefficient (Wildman–Crippen LogP) is 23.1. The Labute approximate surface area is 473 Å². The second-order valence-electron chi connectivity index (χ2n) is 22.5. The highest BCUT2D eigenvalue weighted by Gasteiger charge is 2.16. The highest BCUT2D eigenvalue weighted by Crippen LogP contribution is 2.18. The molecule has 442 valence electrons. The van der Waals surface area contributed by atoms with Crippen molar-refractivity contribution in [2.75, 3.05) is 13.2 Å². The van der Waals surface area contributed by atoms with Gasteiger partial charge in [0.05, 0.1) is 6.61 Å². The Morgan fingerprint density at radius 2 is 0.526 bits per heavy atom. The summed E-state index contributed by atoms with van der Waals surface area (Å²) in [6.07, 6.45) is 92.1. The third-order valence-corrected chi connectivity index (χ3v) is 15.0. The van der Waals surface area contributed by atoms with Crippen molar-refractivity contribution >= 4 is 11.9 Å². The molecule has 0 radical (unpaired) electrons. The number of carbonyl (C=O) groups excluding carboxylic acids is 2. The average Bonchev–Trinajstić information content (AvgIpc) is 3.42. The number of hydrogen-bond donors (Lipinski definition) is 1. The van der Waals surface area contributed by atoms with Crippen LogP contribution >= 0.6 is 0 Å². The molecule has 5 heteroatoms. The van der Waals surface area contributed by atoms with Crippen molar-refractivity contribution in [3.63, 3.8) is 0 Å². The lowest BCUT2D eigenvalue weighted by atomic mass is 10.0. The quantitative estimate of drug-likeness (QED) is 0.0373. The molecule has 0 spiro atoms. The maximum Gasteiger partial charge on any atom is 0.306 e. The Bertz CT molecular complexity index is 1340. The summed E-state index contributed by atoms with van der Waals surface area (Å²) in [7, 11) is 0. The number of allylic oxidation sites excluding steroid dienone is 12. The zero-order chi connectivity index (χ0) is 54.8. The van der Waals surface area contributed by atoms with E-state index in [1.807, 2.05) is 0 Å². The van der Waals surface area contributed by atoms with Crippen LogP contribution in [-0.4, -0.2) is 36.4 Å². The Morgan fingerprint density at radius 1 is 0.303 bits per heavy atom. The lowest BCUT2D eigenvalue weighted by molar-refractivity contribution is -0.161. The van der Waals surface area contributed by atoms with E-state index in [0.717, 1.165) is 64.2 Å². The van der Waals surface area contributed by atoms with Gasteiger partial charge in [0.25, 0.3) is 0 Å². The van der Waals surface area contributed by atoms with Crippen molar-refractivity contribution in [3.05, 3.63) is 72.9 Å². The highest BCUT2D eigenvalue weighted by molar-refractivity contribution is 5.70. The van der Waals surface area contributed by atoms with Crippen LogP contribution < -0.4 is 0 Å². The zero-order valence-corrected chi connectivity index (χ0v) is 50.8. The van der Waals surface area contributed by atoms with Crippen LogP contribution in [0.15, 0.2) is 72.9 Å². The number of esters is 2. The van der Waals surface area contributed by atoms with E-state index >= 15 is 0 Å². The minimum Gasteiger partial charge on any atom is -0.462 e. The predicted molar refractivity (Wildman–Crippen MR) is 334 cm³/mol. The van der Waals surface area contributed by atoms with E-state index in [-0.39, 0.29) is 25.2 Å². The number of ether oxygens (including phenoxy) is 2. The molecule has 0 aromatic rings. The van der Waals surface area contributed by atoms with Gasteiger partial charge in [-0.25, -0.2) is 0 Å². The van der Waals surface area contributed by atoms with Crippen molar-refractivity contribution in [2.24, 2.45) is 0 Å². The minimum atomic E-state index is -0.777. The monoisotopic (exact) mass is 1060 g/mol. The van der Waals surface area contributed by atoms with Gasteiger partial charge in [-0.3, -0.25) is 9.59 Å². The Kier molecular flexibility index (Phi) is 64.3. The molecule has 0 aromatic carbocycles. The van der Waals surface area contributed by atoms with Gasteiger partial charge in [0, 0.05) is 12.8 Å². The van der Waals surface area contributed by atoms with Crippen molar-refractivity contribution in [2.45, 2.75) is 354 Å². The van der Waals surface area contributed by atoms with E-state index in [9.17, 15) is 14.7 Å². The van der Waals surface area contributed by atoms with Crippen LogP contribution in [0.1, 0.15) is 348 Å². The average molecular weight is 1060 g/mol. The fourth-order valence-electron chi connectivity index (χ4n) is 9.93. The van der Waals surface area contributed by atoms with Crippen molar-refractivity contribution < 1.29 is 24.2 Å². The summed E-state index contributed by atoms with van der Waals surface area (Å²) in [4.78, 5) is 24.6. The van der Waals surface area contributed by atoms with Gasteiger partial charge in [-0.2, -0.15) is 0 Å². The molecule has 0 saturated carbocycles. The van der Waals surface area contributed by atoms with Crippen molar-refractivity contribution in [3.8, 4) is 0 Å². The summed E-state index contributed by atoms with van der Waals surface area (Å²) >= 11 is 0. The van der Waals surface area contributed by atoms with Crippen molar-refractivity contribution in [1.29, 1.82) is 0 Å². The first-order chi connectivity index (χ1) is 37.6. The molecule has 0 aromatic heterocycles. The zero-order valence-electron chi connectivity index (χ0n) is 50.8. The van der Waals surface area contributed by atoms with Crippen LogP contribution in [0, 0.1) is 0 Å². The summed E-state index contributed by atoms with van der Waals surface area (Å²) in [6, 6.07) is 0. The third-order valence-electron chi connectivity index (χ3n) is 15.0. The summed E-state index contributed by atoms with van der Waals surface area (Å²) in [5, 5.41) is 9.68. The molecule has 0 bridgehead atoms. The normalized spacial score (nSPS) is 12.6. The fourth-order valence-corrected chi connectivity index (χ4v) is 9.93. The number of unbranched alkanes of at least 4 members (excludes halogenated alkanes) is 42. The smallest absolute Gasteiger partial charge is 0.306 e. The molecule has 0 aliphatic carbocycles. The number of aliphatic hydroxyl groups is 1. The molecule has 0 fully saturated rings. The number of rotatable bonds is 62. The van der Waals surface area contributed by atoms with Crippen LogP contribution in [0.5, 0.6) is 0 Å². The van der Waals surface area contributed by atoms with Crippen LogP contribution in [0.3, 0.4) is 0 Å². The first-order valence-electron chi connectivity index (χ1n) is 33.5. The standard InChI is InChI=1S/C71H128O5/c1-3-5-7-9-11-13-15-17-19-21-23-25-27-28-29-30-31-32-33-34-35-36-37-38-39-40-41-42-44-46-48-50-52-54-56-58-60-62-64-66-71(74)76-69(67-72)68-75-70(73)65-63-61-59-57-55-53-51-49-47-45-43-26-24-22-20-18-16-14-12-10-8-6-4-2/h15-18,21-24,27-28,43,45,69,72H,3-14,19-20,25-26,29-42,44,46-68H2,1-2H3/b17-15-,18-16-,23-21-,24-22-,28-27-,45-43-. The highest BCUT2D eigenvalue weighted by atomic mass is 16.6. The number of carbonyl (C=O) groups is 2. The molecule has 1 unspecified atom stereocenters. The van der Waals surface area contributed by atoms with Gasteiger partial charge >= 0.3 is 11.9 Å². The lowest BCUT2D eigenvalue weighted by Gasteiger charge is -2.15. The van der Waals surface area contributed by atoms with Gasteiger partial charge in [0.1, 0.15) is 6.61 Å². The van der Waals surface area contributed by atoms with Crippen LogP contribution in [0.4, 0.5) is 0 Å². The second kappa shape index (κ2) is 66.6. The van der Waals surface area contributed by atoms with Gasteiger partial charge in [0.2, 0.25) is 0 Å². The van der Waals surface area contributed by atoms with E-state index < -0.39 is 6.10 Å².